The molecular formula is C23H30ClN3O. The predicted molar refractivity (Wildman–Crippen MR) is 113 cm³/mol. The molecule has 4 rings (SSSR count). The van der Waals surface area contributed by atoms with Gasteiger partial charge in [-0.15, -0.1) is 0 Å². The van der Waals surface area contributed by atoms with Crippen molar-refractivity contribution < 1.29 is 4.74 Å². The molecule has 1 saturated heterocycles. The smallest absolute Gasteiger partial charge is 0.0691 e. The van der Waals surface area contributed by atoms with Crippen molar-refractivity contribution in [1.29, 1.82) is 0 Å². The van der Waals surface area contributed by atoms with Gasteiger partial charge in [-0.25, -0.2) is 0 Å². The van der Waals surface area contributed by atoms with Crippen LogP contribution in [-0.2, 0) is 16.7 Å². The monoisotopic (exact) mass is 399 g/mol. The minimum atomic E-state index is 0.0736. The summed E-state index contributed by atoms with van der Waals surface area (Å²) in [4.78, 5) is 9.13. The number of hydrogen-bond acceptors (Lipinski definition) is 4. The highest BCUT2D eigenvalue weighted by molar-refractivity contribution is 6.31. The van der Waals surface area contributed by atoms with Crippen LogP contribution < -0.4 is 5.32 Å². The van der Waals surface area contributed by atoms with Crippen molar-refractivity contribution in [2.24, 2.45) is 0 Å². The van der Waals surface area contributed by atoms with Gasteiger partial charge in [0, 0.05) is 36.7 Å². The molecule has 3 heterocycles. The maximum atomic E-state index is 6.33. The average molecular weight is 400 g/mol. The number of aryl methyl sites for hydroxylation is 1. The Morgan fingerprint density at radius 1 is 1.18 bits per heavy atom. The molecule has 2 aromatic heterocycles. The van der Waals surface area contributed by atoms with Crippen molar-refractivity contribution in [3.63, 3.8) is 0 Å². The number of rotatable bonds is 6. The van der Waals surface area contributed by atoms with Crippen LogP contribution in [0.15, 0.2) is 36.7 Å². The van der Waals surface area contributed by atoms with E-state index in [1.165, 1.54) is 31.4 Å². The second kappa shape index (κ2) is 8.48. The largest absolute Gasteiger partial charge is 0.375 e. The molecule has 1 aliphatic carbocycles. The lowest BCUT2D eigenvalue weighted by atomic mass is 9.68. The van der Waals surface area contributed by atoms with Crippen LogP contribution >= 0.6 is 11.6 Å². The molecule has 2 aromatic rings. The Hall–Kier alpha value is -1.49. The first-order chi connectivity index (χ1) is 13.6. The topological polar surface area (TPSA) is 47.0 Å². The molecule has 4 nitrogen and oxygen atoms in total. The van der Waals surface area contributed by atoms with Gasteiger partial charge in [-0.3, -0.25) is 9.97 Å². The second-order valence-electron chi connectivity index (χ2n) is 8.50. The fourth-order valence-electron chi connectivity index (χ4n) is 5.00. The molecule has 28 heavy (non-hydrogen) atoms. The maximum absolute atomic E-state index is 6.33. The lowest BCUT2D eigenvalue weighted by molar-refractivity contribution is -0.104. The van der Waals surface area contributed by atoms with Crippen molar-refractivity contribution in [3.05, 3.63) is 58.6 Å². The fraction of sp³-hybridized carbons (Fsp3) is 0.565. The van der Waals surface area contributed by atoms with Crippen LogP contribution in [0.2, 0.25) is 5.02 Å². The van der Waals surface area contributed by atoms with Crippen LogP contribution in [0.3, 0.4) is 0 Å². The van der Waals surface area contributed by atoms with Gasteiger partial charge in [-0.1, -0.05) is 30.5 Å². The average Bonchev–Trinajstić information content (AvgIpc) is 3.16. The van der Waals surface area contributed by atoms with Crippen molar-refractivity contribution >= 4 is 11.6 Å². The van der Waals surface area contributed by atoms with E-state index in [0.29, 0.717) is 0 Å². The SMILES string of the molecule is Cc1ncc(CNCC[C@]2(c3ccccn3)CCOC3(CCCC3)C2)cc1Cl. The van der Waals surface area contributed by atoms with E-state index in [1.807, 2.05) is 31.5 Å². The van der Waals surface area contributed by atoms with E-state index in [9.17, 15) is 0 Å². The summed E-state index contributed by atoms with van der Waals surface area (Å²) in [6, 6.07) is 8.34. The van der Waals surface area contributed by atoms with E-state index >= 15 is 0 Å². The summed E-state index contributed by atoms with van der Waals surface area (Å²) in [6.07, 6.45) is 12.0. The Labute approximate surface area is 173 Å². The van der Waals surface area contributed by atoms with Crippen molar-refractivity contribution in [1.82, 2.24) is 15.3 Å². The zero-order valence-electron chi connectivity index (χ0n) is 16.7. The molecule has 5 heteroatoms. The molecule has 1 atom stereocenters. The third-order valence-electron chi connectivity index (χ3n) is 6.56. The highest BCUT2D eigenvalue weighted by Crippen LogP contribution is 2.49. The van der Waals surface area contributed by atoms with Crippen LogP contribution in [0.5, 0.6) is 0 Å². The molecule has 0 unspecified atom stereocenters. The van der Waals surface area contributed by atoms with Crippen molar-refractivity contribution in [3.8, 4) is 0 Å². The van der Waals surface area contributed by atoms with Gasteiger partial charge in [0.25, 0.3) is 0 Å². The highest BCUT2D eigenvalue weighted by atomic mass is 35.5. The Balaban J connectivity index is 1.45. The zero-order valence-corrected chi connectivity index (χ0v) is 17.5. The quantitative estimate of drug-likeness (QED) is 0.696. The molecule has 2 aliphatic rings. The van der Waals surface area contributed by atoms with E-state index in [4.69, 9.17) is 21.3 Å². The third kappa shape index (κ3) is 4.24. The zero-order chi connectivity index (χ0) is 19.5. The first kappa shape index (κ1) is 19.8. The van der Waals surface area contributed by atoms with Gasteiger partial charge in [0.1, 0.15) is 0 Å². The first-order valence-electron chi connectivity index (χ1n) is 10.5. The van der Waals surface area contributed by atoms with E-state index in [0.717, 1.165) is 55.2 Å². The predicted octanol–water partition coefficient (Wildman–Crippen LogP) is 4.98. The summed E-state index contributed by atoms with van der Waals surface area (Å²) in [6.45, 7) is 4.50. The number of hydrogen-bond donors (Lipinski definition) is 1. The van der Waals surface area contributed by atoms with E-state index in [1.54, 1.807) is 0 Å². The molecule has 0 radical (unpaired) electrons. The summed E-state index contributed by atoms with van der Waals surface area (Å²) in [5.41, 5.74) is 3.40. The minimum absolute atomic E-state index is 0.0736. The summed E-state index contributed by atoms with van der Waals surface area (Å²) < 4.78 is 6.33. The van der Waals surface area contributed by atoms with Gasteiger partial charge in [-0.05, 0) is 69.3 Å². The molecular weight excluding hydrogens is 370 g/mol. The van der Waals surface area contributed by atoms with Crippen LogP contribution in [0, 0.1) is 6.92 Å². The molecule has 0 bridgehead atoms. The molecule has 0 amide bonds. The van der Waals surface area contributed by atoms with Crippen LogP contribution in [0.1, 0.15) is 61.9 Å². The van der Waals surface area contributed by atoms with Crippen LogP contribution in [0.4, 0.5) is 0 Å². The Bertz CT molecular complexity index is 792. The minimum Gasteiger partial charge on any atom is -0.375 e. The summed E-state index contributed by atoms with van der Waals surface area (Å²) in [5.74, 6) is 0. The lowest BCUT2D eigenvalue weighted by Crippen LogP contribution is -2.47. The van der Waals surface area contributed by atoms with Crippen molar-refractivity contribution in [2.45, 2.75) is 69.4 Å². The molecule has 150 valence electrons. The number of nitrogens with one attached hydrogen (secondary N) is 1. The van der Waals surface area contributed by atoms with E-state index in [-0.39, 0.29) is 11.0 Å². The van der Waals surface area contributed by atoms with E-state index in [2.05, 4.69) is 22.4 Å². The first-order valence-corrected chi connectivity index (χ1v) is 10.9. The van der Waals surface area contributed by atoms with Gasteiger partial charge >= 0.3 is 0 Å². The number of ether oxygens (including phenoxy) is 1. The van der Waals surface area contributed by atoms with Crippen LogP contribution in [0.25, 0.3) is 0 Å². The van der Waals surface area contributed by atoms with Gasteiger partial charge in [0.2, 0.25) is 0 Å². The third-order valence-corrected chi connectivity index (χ3v) is 6.95. The number of pyridine rings is 2. The van der Waals surface area contributed by atoms with Gasteiger partial charge in [-0.2, -0.15) is 0 Å². The fourth-order valence-corrected chi connectivity index (χ4v) is 5.19. The normalized spacial score (nSPS) is 23.9. The Kier molecular flexibility index (Phi) is 6.00. The summed E-state index contributed by atoms with van der Waals surface area (Å²) in [7, 11) is 0. The number of halogens is 1. The molecule has 1 spiro atoms. The molecule has 0 aromatic carbocycles. The molecule has 2 fully saturated rings. The number of aromatic nitrogens is 2. The standard InChI is InChI=1S/C23H30ClN3O/c1-18-20(24)14-19(16-27-18)15-25-12-9-22(21-6-2-5-11-26-21)10-13-28-23(17-22)7-3-4-8-23/h2,5-6,11,14,16,25H,3-4,7-10,12-13,15,17H2,1H3/t22-/m0/s1. The summed E-state index contributed by atoms with van der Waals surface area (Å²) in [5, 5.41) is 4.34. The second-order valence-corrected chi connectivity index (χ2v) is 8.91. The Morgan fingerprint density at radius 2 is 2.04 bits per heavy atom. The van der Waals surface area contributed by atoms with E-state index < -0.39 is 0 Å². The summed E-state index contributed by atoms with van der Waals surface area (Å²) >= 11 is 6.21. The molecule has 1 saturated carbocycles. The maximum Gasteiger partial charge on any atom is 0.0691 e. The molecule has 1 aliphatic heterocycles. The Morgan fingerprint density at radius 3 is 2.79 bits per heavy atom. The van der Waals surface area contributed by atoms with Gasteiger partial charge in [0.15, 0.2) is 0 Å². The molecule has 1 N–H and O–H groups in total. The lowest BCUT2D eigenvalue weighted by Gasteiger charge is -2.46. The van der Waals surface area contributed by atoms with Gasteiger partial charge in [0.05, 0.1) is 16.3 Å². The highest BCUT2D eigenvalue weighted by Gasteiger charge is 2.48. The van der Waals surface area contributed by atoms with Gasteiger partial charge < -0.3 is 10.1 Å². The van der Waals surface area contributed by atoms with Crippen molar-refractivity contribution in [2.75, 3.05) is 13.2 Å². The number of nitrogens with zero attached hydrogens (tertiary/aromatic N) is 2. The van der Waals surface area contributed by atoms with Crippen LogP contribution in [-0.4, -0.2) is 28.7 Å².